The van der Waals surface area contributed by atoms with E-state index in [2.05, 4.69) is 25.3 Å². The van der Waals surface area contributed by atoms with Crippen molar-refractivity contribution < 1.29 is 0 Å². The van der Waals surface area contributed by atoms with E-state index in [1.165, 1.54) is 29.9 Å². The van der Waals surface area contributed by atoms with E-state index in [0.717, 1.165) is 5.92 Å². The first-order chi connectivity index (χ1) is 4.16. The maximum Gasteiger partial charge on any atom is 0.0784 e. The van der Waals surface area contributed by atoms with Gasteiger partial charge in [-0.25, -0.2) is 0 Å². The van der Waals surface area contributed by atoms with E-state index < -0.39 is 0 Å². The number of nitrogens with zero attached hydrogens (tertiary/aromatic N) is 1. The lowest BCUT2D eigenvalue weighted by molar-refractivity contribution is 0.392. The normalized spacial score (nSPS) is 11.7. The highest BCUT2D eigenvalue weighted by Gasteiger charge is 1.97. The van der Waals surface area contributed by atoms with Crippen molar-refractivity contribution in [2.45, 2.75) is 27.2 Å². The summed E-state index contributed by atoms with van der Waals surface area (Å²) in [5.74, 6) is 0.842. The first-order valence-corrected chi connectivity index (χ1v) is 4.74. The molecule has 0 amide bonds. The summed E-state index contributed by atoms with van der Waals surface area (Å²) in [6.45, 7) is 9.39. The van der Waals surface area contributed by atoms with Crippen LogP contribution in [-0.2, 0) is 0 Å². The minimum Gasteiger partial charge on any atom is -0.332 e. The third-order valence-corrected chi connectivity index (χ3v) is 2.09. The average molecular weight is 145 g/mol. The van der Waals surface area contributed by atoms with Gasteiger partial charge in [-0.15, -0.1) is 0 Å². The predicted octanol–water partition coefficient (Wildman–Crippen LogP) is 0.635. The van der Waals surface area contributed by atoms with Crippen LogP contribution in [0.25, 0.3) is 0 Å². The van der Waals surface area contributed by atoms with Gasteiger partial charge in [-0.3, -0.25) is 0 Å². The molecule has 2 heteroatoms. The van der Waals surface area contributed by atoms with Crippen LogP contribution in [0.4, 0.5) is 0 Å². The third-order valence-electron chi connectivity index (χ3n) is 1.28. The second kappa shape index (κ2) is 5.00. The molecule has 0 aromatic rings. The molecule has 56 valence electrons. The zero-order valence-corrected chi connectivity index (χ0v) is 9.15. The first-order valence-electron chi connectivity index (χ1n) is 3.85. The molecule has 9 heavy (non-hydrogen) atoms. The molecule has 0 radical (unpaired) electrons. The standard InChI is InChI=1S/C7H19NSi/c1-4-5-8(9)6-7(2)3/h7H,4-6H2,1-3,9H3. The van der Waals surface area contributed by atoms with Gasteiger partial charge in [0.2, 0.25) is 0 Å². The molecule has 0 saturated heterocycles. The lowest BCUT2D eigenvalue weighted by atomic mass is 10.2. The fourth-order valence-electron chi connectivity index (χ4n) is 1.10. The zero-order chi connectivity index (χ0) is 7.28. The van der Waals surface area contributed by atoms with Crippen molar-refractivity contribution in [3.8, 4) is 0 Å². The topological polar surface area (TPSA) is 3.24 Å². The van der Waals surface area contributed by atoms with Gasteiger partial charge in [0.25, 0.3) is 0 Å². The van der Waals surface area contributed by atoms with E-state index in [0.29, 0.717) is 0 Å². The maximum atomic E-state index is 2.52. The predicted molar refractivity (Wildman–Crippen MR) is 46.6 cm³/mol. The fourth-order valence-corrected chi connectivity index (χ4v) is 2.27. The van der Waals surface area contributed by atoms with Crippen molar-refractivity contribution in [3.63, 3.8) is 0 Å². The Kier molecular flexibility index (Phi) is 5.10. The van der Waals surface area contributed by atoms with E-state index in [1.807, 2.05) is 0 Å². The second-order valence-electron chi connectivity index (χ2n) is 3.16. The number of hydrogen-bond donors (Lipinski definition) is 0. The van der Waals surface area contributed by atoms with Gasteiger partial charge in [-0.05, 0) is 25.4 Å². The Balaban J connectivity index is 3.15. The van der Waals surface area contributed by atoms with Gasteiger partial charge in [-0.2, -0.15) is 0 Å². The number of hydrogen-bond acceptors (Lipinski definition) is 1. The van der Waals surface area contributed by atoms with Crippen LogP contribution in [0.15, 0.2) is 0 Å². The molecular formula is C7H19NSi. The van der Waals surface area contributed by atoms with Gasteiger partial charge in [0.1, 0.15) is 0 Å². The van der Waals surface area contributed by atoms with Crippen LogP contribution in [0.3, 0.4) is 0 Å². The summed E-state index contributed by atoms with van der Waals surface area (Å²) in [5.41, 5.74) is 0. The van der Waals surface area contributed by atoms with Gasteiger partial charge < -0.3 is 4.57 Å². The van der Waals surface area contributed by atoms with Crippen molar-refractivity contribution in [1.29, 1.82) is 0 Å². The minimum absolute atomic E-state index is 0.842. The highest BCUT2D eigenvalue weighted by atomic mass is 28.2. The van der Waals surface area contributed by atoms with Crippen LogP contribution >= 0.6 is 0 Å². The average Bonchev–Trinajstić information content (AvgIpc) is 1.63. The van der Waals surface area contributed by atoms with Gasteiger partial charge in [-0.1, -0.05) is 20.8 Å². The third kappa shape index (κ3) is 6.06. The van der Waals surface area contributed by atoms with E-state index in [9.17, 15) is 0 Å². The fraction of sp³-hybridized carbons (Fsp3) is 1.00. The highest BCUT2D eigenvalue weighted by Crippen LogP contribution is 1.94. The van der Waals surface area contributed by atoms with E-state index >= 15 is 0 Å². The molecule has 0 heterocycles. The van der Waals surface area contributed by atoms with E-state index in [1.54, 1.807) is 0 Å². The van der Waals surface area contributed by atoms with Crippen LogP contribution in [0.2, 0.25) is 0 Å². The summed E-state index contributed by atoms with van der Waals surface area (Å²) < 4.78 is 2.52. The van der Waals surface area contributed by atoms with Crippen LogP contribution in [0.1, 0.15) is 27.2 Å². The number of rotatable bonds is 4. The molecule has 0 atom stereocenters. The van der Waals surface area contributed by atoms with Gasteiger partial charge >= 0.3 is 0 Å². The van der Waals surface area contributed by atoms with Gasteiger partial charge in [0, 0.05) is 0 Å². The Morgan fingerprint density at radius 1 is 1.44 bits per heavy atom. The molecule has 0 saturated carbocycles. The Morgan fingerprint density at radius 3 is 2.33 bits per heavy atom. The van der Waals surface area contributed by atoms with Crippen LogP contribution < -0.4 is 0 Å². The monoisotopic (exact) mass is 145 g/mol. The minimum atomic E-state index is 0.842. The molecule has 0 fully saturated rings. The molecular weight excluding hydrogens is 126 g/mol. The SMILES string of the molecule is CCCN([SiH3])CC(C)C. The summed E-state index contributed by atoms with van der Waals surface area (Å²) in [6.07, 6.45) is 1.30. The molecule has 0 spiro atoms. The van der Waals surface area contributed by atoms with Crippen LogP contribution in [0, 0.1) is 5.92 Å². The summed E-state index contributed by atoms with van der Waals surface area (Å²) in [6, 6.07) is 0. The van der Waals surface area contributed by atoms with Crippen molar-refractivity contribution in [2.75, 3.05) is 13.1 Å². The summed E-state index contributed by atoms with van der Waals surface area (Å²) in [5, 5.41) is 0. The summed E-state index contributed by atoms with van der Waals surface area (Å²) in [7, 11) is 1.23. The van der Waals surface area contributed by atoms with Crippen LogP contribution in [0.5, 0.6) is 0 Å². The summed E-state index contributed by atoms with van der Waals surface area (Å²) in [4.78, 5) is 0. The Labute approximate surface area is 61.9 Å². The molecule has 0 aromatic heterocycles. The molecule has 0 aliphatic rings. The second-order valence-corrected chi connectivity index (χ2v) is 4.42. The van der Waals surface area contributed by atoms with Crippen molar-refractivity contribution in [3.05, 3.63) is 0 Å². The lowest BCUT2D eigenvalue weighted by Gasteiger charge is -2.17. The quantitative estimate of drug-likeness (QED) is 0.525. The van der Waals surface area contributed by atoms with Gasteiger partial charge in [0.15, 0.2) is 0 Å². The van der Waals surface area contributed by atoms with E-state index in [-0.39, 0.29) is 0 Å². The molecule has 1 nitrogen and oxygen atoms in total. The van der Waals surface area contributed by atoms with Crippen molar-refractivity contribution >= 4 is 10.4 Å². The molecule has 0 unspecified atom stereocenters. The highest BCUT2D eigenvalue weighted by molar-refractivity contribution is 6.04. The Morgan fingerprint density at radius 2 is 2.00 bits per heavy atom. The summed E-state index contributed by atoms with van der Waals surface area (Å²) >= 11 is 0. The zero-order valence-electron chi connectivity index (χ0n) is 7.15. The molecule has 0 aromatic carbocycles. The lowest BCUT2D eigenvalue weighted by Crippen LogP contribution is -2.25. The molecule has 0 aliphatic heterocycles. The molecule has 0 N–H and O–H groups in total. The Bertz CT molecular complexity index is 63.9. The molecule has 0 rings (SSSR count). The van der Waals surface area contributed by atoms with Crippen LogP contribution in [-0.4, -0.2) is 28.1 Å². The molecule has 0 bridgehead atoms. The first kappa shape index (κ1) is 9.18. The largest absolute Gasteiger partial charge is 0.332 e. The molecule has 0 aliphatic carbocycles. The Hall–Kier alpha value is 0.177. The van der Waals surface area contributed by atoms with E-state index in [4.69, 9.17) is 0 Å². The maximum absolute atomic E-state index is 2.52. The smallest absolute Gasteiger partial charge is 0.0784 e. The van der Waals surface area contributed by atoms with Crippen molar-refractivity contribution in [1.82, 2.24) is 4.57 Å². The van der Waals surface area contributed by atoms with Crippen molar-refractivity contribution in [2.24, 2.45) is 5.92 Å². The van der Waals surface area contributed by atoms with Gasteiger partial charge in [0.05, 0.1) is 10.4 Å².